The normalized spacial score (nSPS) is 17.4. The van der Waals surface area contributed by atoms with Gasteiger partial charge in [-0.15, -0.1) is 0 Å². The first-order valence-electron chi connectivity index (χ1n) is 9.60. The first-order valence-corrected chi connectivity index (χ1v) is 9.60. The van der Waals surface area contributed by atoms with E-state index in [9.17, 15) is 18.0 Å². The molecule has 1 fully saturated rings. The molecule has 0 aliphatic carbocycles. The number of aromatic nitrogens is 5. The van der Waals surface area contributed by atoms with E-state index in [1.54, 1.807) is 41.0 Å². The van der Waals surface area contributed by atoms with Gasteiger partial charge in [0.2, 0.25) is 5.91 Å². The van der Waals surface area contributed by atoms with Gasteiger partial charge in [-0.05, 0) is 31.4 Å². The van der Waals surface area contributed by atoms with Crippen LogP contribution in [0.15, 0.2) is 30.6 Å². The van der Waals surface area contributed by atoms with Crippen LogP contribution in [0.5, 0.6) is 0 Å². The Morgan fingerprint density at radius 1 is 1.31 bits per heavy atom. The number of halogens is 3. The number of amides is 1. The molecule has 0 N–H and O–H groups in total. The molecule has 3 aromatic rings. The third kappa shape index (κ3) is 3.83. The fraction of sp³-hybridized carbons (Fsp3) is 0.474. The van der Waals surface area contributed by atoms with Gasteiger partial charge in [0.25, 0.3) is 0 Å². The highest BCUT2D eigenvalue weighted by Gasteiger charge is 2.37. The number of carbonyl (C=O) groups is 1. The summed E-state index contributed by atoms with van der Waals surface area (Å²) in [5.74, 6) is -0.0571. The molecule has 154 valence electrons. The Morgan fingerprint density at radius 3 is 2.83 bits per heavy atom. The van der Waals surface area contributed by atoms with Crippen molar-refractivity contribution in [2.75, 3.05) is 6.54 Å². The van der Waals surface area contributed by atoms with Gasteiger partial charge in [0.15, 0.2) is 5.65 Å². The van der Waals surface area contributed by atoms with Crippen molar-refractivity contribution < 1.29 is 18.0 Å². The number of fused-ring (bicyclic) bond motifs is 1. The van der Waals surface area contributed by atoms with Crippen LogP contribution in [0, 0.1) is 0 Å². The zero-order chi connectivity index (χ0) is 20.6. The second-order valence-corrected chi connectivity index (χ2v) is 7.09. The predicted octanol–water partition coefficient (Wildman–Crippen LogP) is 3.26. The second-order valence-electron chi connectivity index (χ2n) is 7.09. The number of alkyl halides is 3. The van der Waals surface area contributed by atoms with Crippen LogP contribution in [0.2, 0.25) is 0 Å². The van der Waals surface area contributed by atoms with E-state index in [0.717, 1.165) is 17.0 Å². The minimum absolute atomic E-state index is 0.0571. The lowest BCUT2D eigenvalue weighted by Crippen LogP contribution is -2.31. The first kappa shape index (κ1) is 19.4. The SMILES string of the molecule is CCc1cc(C(F)(F)F)n2nc(C3CCCN3C(=O)CCn3cccn3)cc2n1. The number of hydrogen-bond acceptors (Lipinski definition) is 4. The molecule has 1 amide bonds. The molecule has 1 aliphatic heterocycles. The van der Waals surface area contributed by atoms with Crippen LogP contribution >= 0.6 is 0 Å². The maximum atomic E-state index is 13.5. The molecule has 3 aromatic heterocycles. The monoisotopic (exact) mass is 406 g/mol. The van der Waals surface area contributed by atoms with Crippen molar-refractivity contribution in [3.05, 3.63) is 47.7 Å². The lowest BCUT2D eigenvalue weighted by Gasteiger charge is -2.23. The zero-order valence-corrected chi connectivity index (χ0v) is 15.9. The summed E-state index contributed by atoms with van der Waals surface area (Å²) in [6, 6.07) is 4.05. The van der Waals surface area contributed by atoms with Crippen LogP contribution in [0.4, 0.5) is 13.2 Å². The summed E-state index contributed by atoms with van der Waals surface area (Å²) >= 11 is 0. The molecular weight excluding hydrogens is 385 g/mol. The third-order valence-corrected chi connectivity index (χ3v) is 5.18. The minimum Gasteiger partial charge on any atom is -0.334 e. The number of rotatable bonds is 5. The van der Waals surface area contributed by atoms with Crippen molar-refractivity contribution in [2.45, 2.75) is 51.4 Å². The maximum absolute atomic E-state index is 13.5. The summed E-state index contributed by atoms with van der Waals surface area (Å²) in [4.78, 5) is 18.7. The number of aryl methyl sites for hydroxylation is 2. The van der Waals surface area contributed by atoms with E-state index in [1.807, 2.05) is 0 Å². The summed E-state index contributed by atoms with van der Waals surface area (Å²) < 4.78 is 43.0. The molecular formula is C19H21F3N6O. The van der Waals surface area contributed by atoms with Gasteiger partial charge in [-0.25, -0.2) is 9.50 Å². The van der Waals surface area contributed by atoms with E-state index in [4.69, 9.17) is 0 Å². The second kappa shape index (κ2) is 7.49. The van der Waals surface area contributed by atoms with Crippen LogP contribution in [0.3, 0.4) is 0 Å². The summed E-state index contributed by atoms with van der Waals surface area (Å²) in [7, 11) is 0. The lowest BCUT2D eigenvalue weighted by molar-refractivity contribution is -0.142. The number of nitrogens with zero attached hydrogens (tertiary/aromatic N) is 6. The van der Waals surface area contributed by atoms with E-state index in [2.05, 4.69) is 15.2 Å². The van der Waals surface area contributed by atoms with E-state index in [-0.39, 0.29) is 24.0 Å². The molecule has 0 aromatic carbocycles. The molecule has 7 nitrogen and oxygen atoms in total. The Balaban J connectivity index is 1.62. The molecule has 0 bridgehead atoms. The Hall–Kier alpha value is -2.91. The number of carbonyl (C=O) groups excluding carboxylic acids is 1. The van der Waals surface area contributed by atoms with E-state index in [0.29, 0.717) is 37.3 Å². The third-order valence-electron chi connectivity index (χ3n) is 5.18. The quantitative estimate of drug-likeness (QED) is 0.652. The molecule has 1 saturated heterocycles. The smallest absolute Gasteiger partial charge is 0.334 e. The summed E-state index contributed by atoms with van der Waals surface area (Å²) in [5.41, 5.74) is 0.110. The Labute approximate surface area is 165 Å². The molecule has 1 aliphatic rings. The summed E-state index contributed by atoms with van der Waals surface area (Å²) in [6.45, 7) is 2.78. The van der Waals surface area contributed by atoms with Gasteiger partial charge in [0.1, 0.15) is 5.69 Å². The highest BCUT2D eigenvalue weighted by Crippen LogP contribution is 2.34. The van der Waals surface area contributed by atoms with Gasteiger partial charge < -0.3 is 4.90 Å². The maximum Gasteiger partial charge on any atom is 0.433 e. The predicted molar refractivity (Wildman–Crippen MR) is 97.9 cm³/mol. The Kier molecular flexibility index (Phi) is 5.01. The molecule has 0 saturated carbocycles. The van der Waals surface area contributed by atoms with Crippen LogP contribution in [-0.4, -0.2) is 41.7 Å². The molecule has 1 unspecified atom stereocenters. The minimum atomic E-state index is -4.54. The van der Waals surface area contributed by atoms with Crippen molar-refractivity contribution in [2.24, 2.45) is 0 Å². The van der Waals surface area contributed by atoms with Crippen molar-refractivity contribution in [3.63, 3.8) is 0 Å². The fourth-order valence-corrected chi connectivity index (χ4v) is 3.75. The Morgan fingerprint density at radius 2 is 2.14 bits per heavy atom. The van der Waals surface area contributed by atoms with Crippen molar-refractivity contribution in [3.8, 4) is 0 Å². The van der Waals surface area contributed by atoms with Crippen molar-refractivity contribution >= 4 is 11.6 Å². The molecule has 1 atom stereocenters. The van der Waals surface area contributed by atoms with Gasteiger partial charge in [0, 0.05) is 43.7 Å². The van der Waals surface area contributed by atoms with Gasteiger partial charge in [0.05, 0.1) is 11.7 Å². The molecule has 29 heavy (non-hydrogen) atoms. The van der Waals surface area contributed by atoms with Gasteiger partial charge >= 0.3 is 6.18 Å². The molecule has 4 rings (SSSR count). The van der Waals surface area contributed by atoms with Crippen molar-refractivity contribution in [1.82, 2.24) is 29.3 Å². The van der Waals surface area contributed by atoms with E-state index in [1.165, 1.54) is 0 Å². The standard InChI is InChI=1S/C19H21F3N6O/c1-2-13-11-16(19(20,21)22)28-17(24-13)12-14(25-28)15-5-3-9-27(15)18(29)6-10-26-8-4-7-23-26/h4,7-8,11-12,15H,2-3,5-6,9-10H2,1H3. The van der Waals surface area contributed by atoms with Gasteiger partial charge in [-0.3, -0.25) is 9.48 Å². The molecule has 0 radical (unpaired) electrons. The molecule has 0 spiro atoms. The summed E-state index contributed by atoms with van der Waals surface area (Å²) in [5, 5.41) is 8.29. The van der Waals surface area contributed by atoms with Gasteiger partial charge in [-0.1, -0.05) is 6.92 Å². The molecule has 4 heterocycles. The van der Waals surface area contributed by atoms with Crippen LogP contribution < -0.4 is 0 Å². The molecule has 10 heteroatoms. The van der Waals surface area contributed by atoms with Crippen LogP contribution in [0.25, 0.3) is 5.65 Å². The average Bonchev–Trinajstić information content (AvgIpc) is 3.43. The number of likely N-dealkylation sites (tertiary alicyclic amines) is 1. The van der Waals surface area contributed by atoms with Gasteiger partial charge in [-0.2, -0.15) is 23.4 Å². The zero-order valence-electron chi connectivity index (χ0n) is 15.9. The van der Waals surface area contributed by atoms with E-state index >= 15 is 0 Å². The highest BCUT2D eigenvalue weighted by molar-refractivity contribution is 5.77. The first-order chi connectivity index (χ1) is 13.9. The largest absolute Gasteiger partial charge is 0.433 e. The Bertz CT molecular complexity index is 1010. The highest BCUT2D eigenvalue weighted by atomic mass is 19.4. The summed E-state index contributed by atoms with van der Waals surface area (Å²) in [6.07, 6.45) is 1.01. The topological polar surface area (TPSA) is 68.3 Å². The van der Waals surface area contributed by atoms with Crippen molar-refractivity contribution in [1.29, 1.82) is 0 Å². The number of hydrogen-bond donors (Lipinski definition) is 0. The van der Waals surface area contributed by atoms with Crippen LogP contribution in [-0.2, 0) is 23.9 Å². The van der Waals surface area contributed by atoms with Crippen LogP contribution in [0.1, 0.15) is 49.3 Å². The lowest BCUT2D eigenvalue weighted by atomic mass is 10.1. The fourth-order valence-electron chi connectivity index (χ4n) is 3.75. The van der Waals surface area contributed by atoms with E-state index < -0.39 is 11.9 Å². The average molecular weight is 406 g/mol.